The Kier molecular flexibility index (Phi) is 6.83. The van der Waals surface area contributed by atoms with Crippen molar-refractivity contribution < 1.29 is 23.8 Å². The fourth-order valence-corrected chi connectivity index (χ4v) is 2.22. The Morgan fingerprint density at radius 3 is 2.48 bits per heavy atom. The van der Waals surface area contributed by atoms with Crippen molar-refractivity contribution in [2.45, 2.75) is 12.8 Å². The Morgan fingerprint density at radius 2 is 1.76 bits per heavy atom. The lowest BCUT2D eigenvalue weighted by Crippen LogP contribution is -2.13. The molecule has 0 saturated heterocycles. The molecule has 0 saturated carbocycles. The second-order valence-corrected chi connectivity index (χ2v) is 5.22. The van der Waals surface area contributed by atoms with E-state index in [0.717, 1.165) is 0 Å². The van der Waals surface area contributed by atoms with E-state index in [1.54, 1.807) is 31.4 Å². The summed E-state index contributed by atoms with van der Waals surface area (Å²) < 4.78 is 15.5. The standard InChI is InChI=1S/C19H21NO5/c1-23-16-9-3-4-10-17(16)25-12-6-11-18(21)20-15-8-5-7-14(13-15)19(22)24-2/h3-5,7-10,13H,6,11-12H2,1-2H3,(H,20,21). The highest BCUT2D eigenvalue weighted by atomic mass is 16.5. The van der Waals surface area contributed by atoms with Crippen molar-refractivity contribution in [1.82, 2.24) is 0 Å². The van der Waals surface area contributed by atoms with Gasteiger partial charge in [0.2, 0.25) is 5.91 Å². The van der Waals surface area contributed by atoms with Gasteiger partial charge in [-0.25, -0.2) is 4.79 Å². The number of benzene rings is 2. The molecule has 0 fully saturated rings. The molecule has 0 aliphatic carbocycles. The molecule has 0 radical (unpaired) electrons. The van der Waals surface area contributed by atoms with Crippen LogP contribution in [-0.2, 0) is 9.53 Å². The van der Waals surface area contributed by atoms with Crippen LogP contribution >= 0.6 is 0 Å². The van der Waals surface area contributed by atoms with Gasteiger partial charge in [0, 0.05) is 12.1 Å². The first kappa shape index (κ1) is 18.3. The zero-order valence-corrected chi connectivity index (χ0v) is 14.3. The van der Waals surface area contributed by atoms with Gasteiger partial charge in [0.15, 0.2) is 11.5 Å². The number of amides is 1. The van der Waals surface area contributed by atoms with Crippen molar-refractivity contribution in [3.63, 3.8) is 0 Å². The first-order chi connectivity index (χ1) is 12.1. The van der Waals surface area contributed by atoms with Crippen LogP contribution in [0.25, 0.3) is 0 Å². The van der Waals surface area contributed by atoms with E-state index in [9.17, 15) is 9.59 Å². The molecule has 2 aromatic carbocycles. The van der Waals surface area contributed by atoms with E-state index in [2.05, 4.69) is 10.1 Å². The highest BCUT2D eigenvalue weighted by Gasteiger charge is 2.08. The zero-order chi connectivity index (χ0) is 18.1. The number of esters is 1. The summed E-state index contributed by atoms with van der Waals surface area (Å²) in [7, 11) is 2.90. The predicted octanol–water partition coefficient (Wildman–Crippen LogP) is 3.28. The molecule has 0 aliphatic rings. The molecule has 0 aliphatic heterocycles. The number of hydrogen-bond acceptors (Lipinski definition) is 5. The van der Waals surface area contributed by atoms with Crippen molar-refractivity contribution in [3.05, 3.63) is 54.1 Å². The topological polar surface area (TPSA) is 73.9 Å². The molecule has 1 amide bonds. The van der Waals surface area contributed by atoms with Crippen LogP contribution in [0.3, 0.4) is 0 Å². The van der Waals surface area contributed by atoms with Crippen LogP contribution in [0.1, 0.15) is 23.2 Å². The third-order valence-corrected chi connectivity index (χ3v) is 3.44. The van der Waals surface area contributed by atoms with E-state index in [1.165, 1.54) is 7.11 Å². The number of hydrogen-bond donors (Lipinski definition) is 1. The molecule has 2 aromatic rings. The minimum atomic E-state index is -0.443. The molecule has 25 heavy (non-hydrogen) atoms. The molecule has 0 heterocycles. The Bertz CT molecular complexity index is 729. The predicted molar refractivity (Wildman–Crippen MR) is 94.1 cm³/mol. The lowest BCUT2D eigenvalue weighted by molar-refractivity contribution is -0.116. The van der Waals surface area contributed by atoms with E-state index in [4.69, 9.17) is 9.47 Å². The largest absolute Gasteiger partial charge is 0.493 e. The van der Waals surface area contributed by atoms with Crippen LogP contribution in [0.2, 0.25) is 0 Å². The molecule has 1 N–H and O–H groups in total. The molecule has 2 rings (SSSR count). The Hall–Kier alpha value is -3.02. The number of ether oxygens (including phenoxy) is 3. The van der Waals surface area contributed by atoms with Crippen LogP contribution in [0, 0.1) is 0 Å². The number of carbonyl (C=O) groups excluding carboxylic acids is 2. The molecule has 6 heteroatoms. The maximum atomic E-state index is 12.0. The summed E-state index contributed by atoms with van der Waals surface area (Å²) in [6, 6.07) is 14.0. The zero-order valence-electron chi connectivity index (χ0n) is 14.3. The summed E-state index contributed by atoms with van der Waals surface area (Å²) in [5.74, 6) is 0.717. The molecular weight excluding hydrogens is 322 g/mol. The highest BCUT2D eigenvalue weighted by molar-refractivity contribution is 5.94. The number of carbonyl (C=O) groups is 2. The summed E-state index contributed by atoms with van der Waals surface area (Å²) in [4.78, 5) is 23.5. The quantitative estimate of drug-likeness (QED) is 0.588. The summed E-state index contributed by atoms with van der Waals surface area (Å²) in [6.07, 6.45) is 0.859. The van der Waals surface area contributed by atoms with Crippen LogP contribution in [0.15, 0.2) is 48.5 Å². The second kappa shape index (κ2) is 9.32. The Balaban J connectivity index is 1.78. The maximum Gasteiger partial charge on any atom is 0.337 e. The van der Waals surface area contributed by atoms with Crippen molar-refractivity contribution in [3.8, 4) is 11.5 Å². The number of rotatable bonds is 8. The molecule has 132 valence electrons. The van der Waals surface area contributed by atoms with E-state index < -0.39 is 5.97 Å². The molecule has 0 spiro atoms. The summed E-state index contributed by atoms with van der Waals surface area (Å²) >= 11 is 0. The van der Waals surface area contributed by atoms with Gasteiger partial charge in [-0.2, -0.15) is 0 Å². The van der Waals surface area contributed by atoms with Crippen molar-refractivity contribution in [2.75, 3.05) is 26.1 Å². The maximum absolute atomic E-state index is 12.0. The summed E-state index contributed by atoms with van der Waals surface area (Å²) in [5.41, 5.74) is 0.943. The molecule has 0 bridgehead atoms. The molecule has 0 unspecified atom stereocenters. The van der Waals surface area contributed by atoms with Crippen LogP contribution in [0.5, 0.6) is 11.5 Å². The molecular formula is C19H21NO5. The van der Waals surface area contributed by atoms with Crippen molar-refractivity contribution >= 4 is 17.6 Å². The fourth-order valence-electron chi connectivity index (χ4n) is 2.22. The molecule has 0 aromatic heterocycles. The minimum absolute atomic E-state index is 0.148. The highest BCUT2D eigenvalue weighted by Crippen LogP contribution is 2.25. The van der Waals surface area contributed by atoms with Gasteiger partial charge in [-0.1, -0.05) is 18.2 Å². The van der Waals surface area contributed by atoms with Gasteiger partial charge in [0.05, 0.1) is 26.4 Å². The van der Waals surface area contributed by atoms with Gasteiger partial charge in [-0.15, -0.1) is 0 Å². The molecule has 6 nitrogen and oxygen atoms in total. The second-order valence-electron chi connectivity index (χ2n) is 5.22. The van der Waals surface area contributed by atoms with Gasteiger partial charge in [-0.3, -0.25) is 4.79 Å². The smallest absolute Gasteiger partial charge is 0.337 e. The number of methoxy groups -OCH3 is 2. The van der Waals surface area contributed by atoms with Gasteiger partial charge in [0.1, 0.15) is 0 Å². The fraction of sp³-hybridized carbons (Fsp3) is 0.263. The van der Waals surface area contributed by atoms with Crippen molar-refractivity contribution in [2.24, 2.45) is 0 Å². The Morgan fingerprint density at radius 1 is 1.00 bits per heavy atom. The lowest BCUT2D eigenvalue weighted by atomic mass is 10.2. The van der Waals surface area contributed by atoms with Crippen LogP contribution in [-0.4, -0.2) is 32.7 Å². The number of para-hydroxylation sites is 2. The first-order valence-electron chi connectivity index (χ1n) is 7.88. The van der Waals surface area contributed by atoms with Gasteiger partial charge in [-0.05, 0) is 36.8 Å². The molecule has 0 atom stereocenters. The van der Waals surface area contributed by atoms with E-state index in [-0.39, 0.29) is 5.91 Å². The van der Waals surface area contributed by atoms with Crippen LogP contribution in [0.4, 0.5) is 5.69 Å². The number of nitrogens with one attached hydrogen (secondary N) is 1. The average Bonchev–Trinajstić information content (AvgIpc) is 2.65. The van der Waals surface area contributed by atoms with Gasteiger partial charge >= 0.3 is 5.97 Å². The third-order valence-electron chi connectivity index (χ3n) is 3.44. The first-order valence-corrected chi connectivity index (χ1v) is 7.88. The van der Waals surface area contributed by atoms with Gasteiger partial charge < -0.3 is 19.5 Å². The van der Waals surface area contributed by atoms with E-state index in [0.29, 0.717) is 42.2 Å². The van der Waals surface area contributed by atoms with E-state index >= 15 is 0 Å². The lowest BCUT2D eigenvalue weighted by Gasteiger charge is -2.10. The van der Waals surface area contributed by atoms with Crippen molar-refractivity contribution in [1.29, 1.82) is 0 Å². The van der Waals surface area contributed by atoms with Gasteiger partial charge in [0.25, 0.3) is 0 Å². The minimum Gasteiger partial charge on any atom is -0.493 e. The summed E-state index contributed by atoms with van der Waals surface area (Å²) in [6.45, 7) is 0.399. The number of anilines is 1. The third kappa shape index (κ3) is 5.53. The monoisotopic (exact) mass is 343 g/mol. The van der Waals surface area contributed by atoms with E-state index in [1.807, 2.05) is 24.3 Å². The van der Waals surface area contributed by atoms with Crippen LogP contribution < -0.4 is 14.8 Å². The average molecular weight is 343 g/mol. The summed E-state index contributed by atoms with van der Waals surface area (Å²) in [5, 5.41) is 2.76. The normalized spacial score (nSPS) is 10.0. The SMILES string of the molecule is COC(=O)c1cccc(NC(=O)CCCOc2ccccc2OC)c1. The Labute approximate surface area is 146 Å².